The molecule has 1 heterocycles. The van der Waals surface area contributed by atoms with Crippen LogP contribution in [-0.4, -0.2) is 12.0 Å². The molecule has 0 saturated heterocycles. The SMILES string of the molecule is CNC(c1ccc(Cl)cc1F)C(C)c1ccccn1. The van der Waals surface area contributed by atoms with E-state index in [9.17, 15) is 4.39 Å². The van der Waals surface area contributed by atoms with Gasteiger partial charge in [0.2, 0.25) is 0 Å². The Morgan fingerprint density at radius 2 is 2.05 bits per heavy atom. The van der Waals surface area contributed by atoms with Gasteiger partial charge in [-0.05, 0) is 31.3 Å². The van der Waals surface area contributed by atoms with Crippen molar-refractivity contribution in [1.82, 2.24) is 10.3 Å². The van der Waals surface area contributed by atoms with Crippen LogP contribution in [0.25, 0.3) is 0 Å². The van der Waals surface area contributed by atoms with Crippen molar-refractivity contribution in [3.63, 3.8) is 0 Å². The first-order chi connectivity index (χ1) is 9.13. The molecule has 1 aromatic heterocycles. The van der Waals surface area contributed by atoms with Gasteiger partial charge in [-0.1, -0.05) is 30.7 Å². The molecule has 0 aliphatic heterocycles. The number of hydrogen-bond donors (Lipinski definition) is 1. The third-order valence-corrected chi connectivity index (χ3v) is 3.50. The second-order valence-corrected chi connectivity index (χ2v) is 4.91. The first-order valence-electron chi connectivity index (χ1n) is 6.16. The number of hydrogen-bond acceptors (Lipinski definition) is 2. The standard InChI is InChI=1S/C15H16ClFN2/c1-10(14-5-3-4-8-19-14)15(18-2)12-7-6-11(16)9-13(12)17/h3-10,15,18H,1-2H3. The van der Waals surface area contributed by atoms with Crippen LogP contribution in [0.3, 0.4) is 0 Å². The molecule has 2 unspecified atom stereocenters. The minimum absolute atomic E-state index is 0.0573. The Hall–Kier alpha value is -1.45. The van der Waals surface area contributed by atoms with Gasteiger partial charge in [0.05, 0.1) is 0 Å². The summed E-state index contributed by atoms with van der Waals surface area (Å²) in [7, 11) is 1.82. The fourth-order valence-electron chi connectivity index (χ4n) is 2.24. The molecule has 1 N–H and O–H groups in total. The van der Waals surface area contributed by atoms with Gasteiger partial charge in [0.15, 0.2) is 0 Å². The molecule has 0 bridgehead atoms. The van der Waals surface area contributed by atoms with E-state index in [1.54, 1.807) is 18.3 Å². The summed E-state index contributed by atoms with van der Waals surface area (Å²) in [5.41, 5.74) is 1.53. The van der Waals surface area contributed by atoms with Crippen LogP contribution in [0.15, 0.2) is 42.6 Å². The van der Waals surface area contributed by atoms with Gasteiger partial charge in [-0.15, -0.1) is 0 Å². The molecule has 0 amide bonds. The van der Waals surface area contributed by atoms with E-state index in [0.717, 1.165) is 5.69 Å². The van der Waals surface area contributed by atoms with E-state index in [1.807, 2.05) is 32.2 Å². The highest BCUT2D eigenvalue weighted by atomic mass is 35.5. The molecule has 2 rings (SSSR count). The van der Waals surface area contributed by atoms with E-state index in [4.69, 9.17) is 11.6 Å². The van der Waals surface area contributed by atoms with Gasteiger partial charge in [0.25, 0.3) is 0 Å². The van der Waals surface area contributed by atoms with Crippen LogP contribution in [-0.2, 0) is 0 Å². The van der Waals surface area contributed by atoms with Gasteiger partial charge in [-0.3, -0.25) is 4.98 Å². The number of nitrogens with zero attached hydrogens (tertiary/aromatic N) is 1. The number of pyridine rings is 1. The second kappa shape index (κ2) is 6.13. The predicted molar refractivity (Wildman–Crippen MR) is 75.9 cm³/mol. The minimum Gasteiger partial charge on any atom is -0.312 e. The van der Waals surface area contributed by atoms with Gasteiger partial charge < -0.3 is 5.32 Å². The fraction of sp³-hybridized carbons (Fsp3) is 0.267. The second-order valence-electron chi connectivity index (χ2n) is 4.48. The first-order valence-corrected chi connectivity index (χ1v) is 6.54. The Kier molecular flexibility index (Phi) is 4.51. The molecule has 0 saturated carbocycles. The van der Waals surface area contributed by atoms with E-state index < -0.39 is 0 Å². The molecule has 4 heteroatoms. The molecule has 0 spiro atoms. The summed E-state index contributed by atoms with van der Waals surface area (Å²) in [5, 5.41) is 3.56. The third-order valence-electron chi connectivity index (χ3n) is 3.26. The van der Waals surface area contributed by atoms with E-state index in [1.165, 1.54) is 6.07 Å². The predicted octanol–water partition coefficient (Wildman–Crippen LogP) is 3.94. The Morgan fingerprint density at radius 1 is 1.26 bits per heavy atom. The van der Waals surface area contributed by atoms with Crippen LogP contribution < -0.4 is 5.32 Å². The van der Waals surface area contributed by atoms with Crippen LogP contribution >= 0.6 is 11.6 Å². The van der Waals surface area contributed by atoms with Crippen LogP contribution in [0.1, 0.15) is 30.1 Å². The van der Waals surface area contributed by atoms with Gasteiger partial charge in [0.1, 0.15) is 5.82 Å². The zero-order chi connectivity index (χ0) is 13.8. The van der Waals surface area contributed by atoms with Crippen LogP contribution in [0.5, 0.6) is 0 Å². The molecule has 0 radical (unpaired) electrons. The van der Waals surface area contributed by atoms with E-state index in [2.05, 4.69) is 10.3 Å². The monoisotopic (exact) mass is 278 g/mol. The number of halogens is 2. The normalized spacial score (nSPS) is 14.1. The molecular weight excluding hydrogens is 263 g/mol. The van der Waals surface area contributed by atoms with Crippen molar-refractivity contribution in [3.8, 4) is 0 Å². The van der Waals surface area contributed by atoms with Gasteiger partial charge in [-0.25, -0.2) is 4.39 Å². The van der Waals surface area contributed by atoms with Crippen molar-refractivity contribution < 1.29 is 4.39 Å². The third kappa shape index (κ3) is 3.11. The highest BCUT2D eigenvalue weighted by molar-refractivity contribution is 6.30. The minimum atomic E-state index is -0.297. The van der Waals surface area contributed by atoms with Gasteiger partial charge in [-0.2, -0.15) is 0 Å². The molecule has 0 aliphatic rings. The number of benzene rings is 1. The molecular formula is C15H16ClFN2. The maximum absolute atomic E-state index is 14.0. The van der Waals surface area contributed by atoms with Crippen molar-refractivity contribution >= 4 is 11.6 Å². The quantitative estimate of drug-likeness (QED) is 0.916. The maximum atomic E-state index is 14.0. The van der Waals surface area contributed by atoms with Crippen molar-refractivity contribution in [2.45, 2.75) is 18.9 Å². The lowest BCUT2D eigenvalue weighted by molar-refractivity contribution is 0.471. The number of rotatable bonds is 4. The summed E-state index contributed by atoms with van der Waals surface area (Å²) in [6.07, 6.45) is 1.75. The average Bonchev–Trinajstić information content (AvgIpc) is 2.42. The smallest absolute Gasteiger partial charge is 0.129 e. The van der Waals surface area contributed by atoms with Gasteiger partial charge in [0, 0.05) is 34.4 Å². The lowest BCUT2D eigenvalue weighted by Gasteiger charge is -2.24. The summed E-state index contributed by atoms with van der Waals surface area (Å²) >= 11 is 5.79. The molecule has 2 atom stereocenters. The molecule has 0 fully saturated rings. The van der Waals surface area contributed by atoms with Crippen molar-refractivity contribution in [2.24, 2.45) is 0 Å². The first kappa shape index (κ1) is 14.0. The molecule has 2 aromatic rings. The fourth-order valence-corrected chi connectivity index (χ4v) is 2.40. The van der Waals surface area contributed by atoms with Crippen molar-refractivity contribution in [3.05, 3.63) is 64.7 Å². The largest absolute Gasteiger partial charge is 0.312 e. The zero-order valence-corrected chi connectivity index (χ0v) is 11.7. The molecule has 19 heavy (non-hydrogen) atoms. The summed E-state index contributed by atoms with van der Waals surface area (Å²) in [4.78, 5) is 4.33. The lowest BCUT2D eigenvalue weighted by Crippen LogP contribution is -2.23. The average molecular weight is 279 g/mol. The molecule has 0 aliphatic carbocycles. The van der Waals surface area contributed by atoms with E-state index >= 15 is 0 Å². The van der Waals surface area contributed by atoms with E-state index in [-0.39, 0.29) is 17.8 Å². The summed E-state index contributed by atoms with van der Waals surface area (Å²) in [5.74, 6) is -0.239. The highest BCUT2D eigenvalue weighted by Gasteiger charge is 2.22. The zero-order valence-electron chi connectivity index (χ0n) is 10.9. The number of likely N-dealkylation sites (N-methyl/N-ethyl adjacent to an activating group) is 1. The topological polar surface area (TPSA) is 24.9 Å². The molecule has 2 nitrogen and oxygen atoms in total. The van der Waals surface area contributed by atoms with Gasteiger partial charge >= 0.3 is 0 Å². The lowest BCUT2D eigenvalue weighted by atomic mass is 9.91. The molecule has 1 aromatic carbocycles. The van der Waals surface area contributed by atoms with Crippen LogP contribution in [0.2, 0.25) is 5.02 Å². The number of nitrogens with one attached hydrogen (secondary N) is 1. The van der Waals surface area contributed by atoms with Crippen LogP contribution in [0.4, 0.5) is 4.39 Å². The highest BCUT2D eigenvalue weighted by Crippen LogP contribution is 2.31. The summed E-state index contributed by atoms with van der Waals surface area (Å²) in [6.45, 7) is 2.03. The van der Waals surface area contributed by atoms with E-state index in [0.29, 0.717) is 10.6 Å². The van der Waals surface area contributed by atoms with Crippen molar-refractivity contribution in [2.75, 3.05) is 7.05 Å². The Morgan fingerprint density at radius 3 is 2.63 bits per heavy atom. The van der Waals surface area contributed by atoms with Crippen molar-refractivity contribution in [1.29, 1.82) is 0 Å². The maximum Gasteiger partial charge on any atom is 0.129 e. The Balaban J connectivity index is 2.34. The molecule has 100 valence electrons. The number of aromatic nitrogens is 1. The summed E-state index contributed by atoms with van der Waals surface area (Å²) in [6, 6.07) is 10.4. The van der Waals surface area contributed by atoms with Crippen LogP contribution in [0, 0.1) is 5.82 Å². The Labute approximate surface area is 117 Å². The summed E-state index contributed by atoms with van der Waals surface area (Å²) < 4.78 is 14.0. The Bertz CT molecular complexity index is 545.